The minimum absolute atomic E-state index is 0.652. The van der Waals surface area contributed by atoms with Crippen LogP contribution in [-0.2, 0) is 13.0 Å². The molecule has 0 saturated heterocycles. The molecule has 0 atom stereocenters. The third-order valence-electron chi connectivity index (χ3n) is 3.42. The van der Waals surface area contributed by atoms with Crippen LogP contribution in [0.25, 0.3) is 0 Å². The molecule has 0 aliphatic heterocycles. The first kappa shape index (κ1) is 15.6. The van der Waals surface area contributed by atoms with E-state index in [0.717, 1.165) is 36.7 Å². The summed E-state index contributed by atoms with van der Waals surface area (Å²) >= 11 is 0. The molecule has 1 aromatic heterocycles. The molecule has 0 aliphatic carbocycles. The molecule has 0 radical (unpaired) electrons. The van der Waals surface area contributed by atoms with E-state index >= 15 is 0 Å². The summed E-state index contributed by atoms with van der Waals surface area (Å²) < 4.78 is 0. The standard InChI is InChI=1S/C18H25N3/c1-13(2)11-19-12-17-9-15(4)20-18(21-17)10-16-8-6-5-7-14(16)3/h5-9,13,19H,10-12H2,1-4H3. The van der Waals surface area contributed by atoms with Crippen molar-refractivity contribution < 1.29 is 0 Å². The highest BCUT2D eigenvalue weighted by atomic mass is 14.9. The van der Waals surface area contributed by atoms with Crippen molar-refractivity contribution >= 4 is 0 Å². The molecule has 0 bridgehead atoms. The summed E-state index contributed by atoms with van der Waals surface area (Å²) in [6.45, 7) is 10.4. The van der Waals surface area contributed by atoms with Gasteiger partial charge in [-0.05, 0) is 43.5 Å². The molecule has 0 spiro atoms. The van der Waals surface area contributed by atoms with Gasteiger partial charge in [-0.2, -0.15) is 0 Å². The monoisotopic (exact) mass is 283 g/mol. The second kappa shape index (κ2) is 7.32. The summed E-state index contributed by atoms with van der Waals surface area (Å²) in [4.78, 5) is 9.27. The normalized spacial score (nSPS) is 11.1. The zero-order valence-electron chi connectivity index (χ0n) is 13.5. The van der Waals surface area contributed by atoms with E-state index in [1.807, 2.05) is 6.92 Å². The molecule has 2 rings (SSSR count). The molecule has 1 aromatic carbocycles. The highest BCUT2D eigenvalue weighted by Crippen LogP contribution is 2.12. The highest BCUT2D eigenvalue weighted by molar-refractivity contribution is 5.28. The lowest BCUT2D eigenvalue weighted by atomic mass is 10.1. The average molecular weight is 283 g/mol. The number of aromatic nitrogens is 2. The fourth-order valence-corrected chi connectivity index (χ4v) is 2.34. The van der Waals surface area contributed by atoms with E-state index in [1.54, 1.807) is 0 Å². The van der Waals surface area contributed by atoms with Gasteiger partial charge >= 0.3 is 0 Å². The minimum atomic E-state index is 0.652. The first-order valence-electron chi connectivity index (χ1n) is 7.63. The number of benzene rings is 1. The molecular formula is C18H25N3. The average Bonchev–Trinajstić information content (AvgIpc) is 2.40. The molecule has 3 heteroatoms. The van der Waals surface area contributed by atoms with E-state index in [9.17, 15) is 0 Å². The van der Waals surface area contributed by atoms with E-state index in [4.69, 9.17) is 4.98 Å². The maximum atomic E-state index is 4.69. The molecule has 21 heavy (non-hydrogen) atoms. The molecule has 0 amide bonds. The Hall–Kier alpha value is -1.74. The molecular weight excluding hydrogens is 258 g/mol. The van der Waals surface area contributed by atoms with Gasteiger partial charge in [-0.25, -0.2) is 9.97 Å². The van der Waals surface area contributed by atoms with Gasteiger partial charge in [0, 0.05) is 18.7 Å². The number of hydrogen-bond acceptors (Lipinski definition) is 3. The van der Waals surface area contributed by atoms with Gasteiger partial charge in [-0.3, -0.25) is 0 Å². The van der Waals surface area contributed by atoms with Gasteiger partial charge in [0.05, 0.1) is 5.69 Å². The van der Waals surface area contributed by atoms with E-state index in [-0.39, 0.29) is 0 Å². The SMILES string of the molecule is Cc1cc(CNCC(C)C)nc(Cc2ccccc2C)n1. The van der Waals surface area contributed by atoms with Gasteiger partial charge < -0.3 is 5.32 Å². The smallest absolute Gasteiger partial charge is 0.133 e. The maximum absolute atomic E-state index is 4.69. The lowest BCUT2D eigenvalue weighted by molar-refractivity contribution is 0.547. The van der Waals surface area contributed by atoms with Crippen molar-refractivity contribution in [1.82, 2.24) is 15.3 Å². The minimum Gasteiger partial charge on any atom is -0.311 e. The Labute approximate surface area is 127 Å². The second-order valence-electron chi connectivity index (χ2n) is 6.04. The topological polar surface area (TPSA) is 37.8 Å². The molecule has 0 aliphatic rings. The van der Waals surface area contributed by atoms with Crippen molar-refractivity contribution in [3.8, 4) is 0 Å². The number of aryl methyl sites for hydroxylation is 2. The zero-order valence-corrected chi connectivity index (χ0v) is 13.5. The Kier molecular flexibility index (Phi) is 5.45. The summed E-state index contributed by atoms with van der Waals surface area (Å²) in [5.74, 6) is 1.56. The van der Waals surface area contributed by atoms with E-state index in [1.165, 1.54) is 11.1 Å². The molecule has 0 unspecified atom stereocenters. The molecule has 1 N–H and O–H groups in total. The lowest BCUT2D eigenvalue weighted by Gasteiger charge is -2.10. The van der Waals surface area contributed by atoms with Crippen LogP contribution in [0.15, 0.2) is 30.3 Å². The predicted molar refractivity (Wildman–Crippen MR) is 87.3 cm³/mol. The first-order chi connectivity index (χ1) is 10.0. The third-order valence-corrected chi connectivity index (χ3v) is 3.42. The number of rotatable bonds is 6. The largest absolute Gasteiger partial charge is 0.311 e. The Balaban J connectivity index is 2.10. The van der Waals surface area contributed by atoms with E-state index < -0.39 is 0 Å². The van der Waals surface area contributed by atoms with Gasteiger partial charge in [0.2, 0.25) is 0 Å². The van der Waals surface area contributed by atoms with Crippen molar-refractivity contribution in [3.05, 3.63) is 58.7 Å². The van der Waals surface area contributed by atoms with Gasteiger partial charge in [0.25, 0.3) is 0 Å². The number of hydrogen-bond donors (Lipinski definition) is 1. The van der Waals surface area contributed by atoms with Crippen LogP contribution in [0.5, 0.6) is 0 Å². The molecule has 0 saturated carbocycles. The Morgan fingerprint density at radius 2 is 1.86 bits per heavy atom. The summed E-state index contributed by atoms with van der Waals surface area (Å²) in [6.07, 6.45) is 0.797. The molecule has 2 aromatic rings. The van der Waals surface area contributed by atoms with Crippen LogP contribution < -0.4 is 5.32 Å². The van der Waals surface area contributed by atoms with Crippen LogP contribution in [0.1, 0.15) is 42.2 Å². The number of nitrogens with zero attached hydrogens (tertiary/aromatic N) is 2. The third kappa shape index (κ3) is 4.94. The summed E-state index contributed by atoms with van der Waals surface area (Å²) in [6, 6.07) is 10.5. The van der Waals surface area contributed by atoms with E-state index in [0.29, 0.717) is 5.92 Å². The number of nitrogens with one attached hydrogen (secondary N) is 1. The van der Waals surface area contributed by atoms with Crippen molar-refractivity contribution in [2.45, 2.75) is 40.7 Å². The van der Waals surface area contributed by atoms with Gasteiger partial charge in [0.15, 0.2) is 0 Å². The van der Waals surface area contributed by atoms with Crippen LogP contribution in [0.4, 0.5) is 0 Å². The van der Waals surface area contributed by atoms with Crippen molar-refractivity contribution in [3.63, 3.8) is 0 Å². The Morgan fingerprint density at radius 3 is 2.57 bits per heavy atom. The van der Waals surface area contributed by atoms with Gasteiger partial charge in [-0.15, -0.1) is 0 Å². The van der Waals surface area contributed by atoms with Gasteiger partial charge in [-0.1, -0.05) is 38.1 Å². The molecule has 0 fully saturated rings. The Bertz CT molecular complexity index is 591. The van der Waals surface area contributed by atoms with Gasteiger partial charge in [0.1, 0.15) is 5.82 Å². The fourth-order valence-electron chi connectivity index (χ4n) is 2.34. The van der Waals surface area contributed by atoms with Crippen LogP contribution in [-0.4, -0.2) is 16.5 Å². The fraction of sp³-hybridized carbons (Fsp3) is 0.444. The van der Waals surface area contributed by atoms with Crippen LogP contribution in [0.3, 0.4) is 0 Å². The molecule has 112 valence electrons. The molecule has 1 heterocycles. The highest BCUT2D eigenvalue weighted by Gasteiger charge is 2.05. The lowest BCUT2D eigenvalue weighted by Crippen LogP contribution is -2.20. The zero-order chi connectivity index (χ0) is 15.2. The van der Waals surface area contributed by atoms with E-state index in [2.05, 4.69) is 61.4 Å². The van der Waals surface area contributed by atoms with Crippen molar-refractivity contribution in [2.24, 2.45) is 5.92 Å². The Morgan fingerprint density at radius 1 is 1.10 bits per heavy atom. The maximum Gasteiger partial charge on any atom is 0.133 e. The summed E-state index contributed by atoms with van der Waals surface area (Å²) in [5, 5.41) is 3.44. The first-order valence-corrected chi connectivity index (χ1v) is 7.63. The second-order valence-corrected chi connectivity index (χ2v) is 6.04. The van der Waals surface area contributed by atoms with Crippen molar-refractivity contribution in [2.75, 3.05) is 6.54 Å². The molecule has 3 nitrogen and oxygen atoms in total. The predicted octanol–water partition coefficient (Wildman–Crippen LogP) is 3.43. The van der Waals surface area contributed by atoms with Crippen LogP contribution in [0, 0.1) is 19.8 Å². The van der Waals surface area contributed by atoms with Crippen LogP contribution >= 0.6 is 0 Å². The van der Waals surface area contributed by atoms with Crippen molar-refractivity contribution in [1.29, 1.82) is 0 Å². The van der Waals surface area contributed by atoms with Crippen LogP contribution in [0.2, 0.25) is 0 Å². The summed E-state index contributed by atoms with van der Waals surface area (Å²) in [7, 11) is 0. The quantitative estimate of drug-likeness (QED) is 0.882. The summed E-state index contributed by atoms with van der Waals surface area (Å²) in [5.41, 5.74) is 4.70.